The molecule has 0 heterocycles. The van der Waals surface area contributed by atoms with E-state index in [1.54, 1.807) is 12.1 Å². The first kappa shape index (κ1) is 15.0. The second kappa shape index (κ2) is 7.39. The Hall–Kier alpha value is -1.42. The molecule has 0 atom stereocenters. The Morgan fingerprint density at radius 1 is 1.30 bits per heavy atom. The number of amides is 1. The van der Waals surface area contributed by atoms with Crippen LogP contribution in [0.3, 0.4) is 0 Å². The average molecular weight is 278 g/mol. The number of hydrogen-bond acceptors (Lipinski definition) is 2. The molecule has 3 nitrogen and oxygen atoms in total. The molecule has 1 fully saturated rings. The zero-order chi connectivity index (χ0) is 14.4. The average Bonchev–Trinajstić information content (AvgIpc) is 2.48. The highest BCUT2D eigenvalue weighted by molar-refractivity contribution is 5.94. The van der Waals surface area contributed by atoms with Gasteiger partial charge in [-0.1, -0.05) is 31.4 Å². The van der Waals surface area contributed by atoms with Crippen LogP contribution in [0.1, 0.15) is 42.5 Å². The molecule has 0 spiro atoms. The van der Waals surface area contributed by atoms with Crippen LogP contribution in [0.5, 0.6) is 0 Å². The molecular weight excluding hydrogens is 255 g/mol. The summed E-state index contributed by atoms with van der Waals surface area (Å²) in [5.41, 5.74) is 0.118. The summed E-state index contributed by atoms with van der Waals surface area (Å²) in [5, 5.41) is 2.79. The van der Waals surface area contributed by atoms with E-state index in [1.165, 1.54) is 44.2 Å². The molecule has 1 amide bonds. The summed E-state index contributed by atoms with van der Waals surface area (Å²) in [6.45, 7) is 1.37. The monoisotopic (exact) mass is 278 g/mol. The van der Waals surface area contributed by atoms with Gasteiger partial charge in [0.05, 0.1) is 5.56 Å². The maximum atomic E-state index is 13.4. The van der Waals surface area contributed by atoms with Gasteiger partial charge in [-0.25, -0.2) is 4.39 Å². The summed E-state index contributed by atoms with van der Waals surface area (Å²) < 4.78 is 13.4. The van der Waals surface area contributed by atoms with Gasteiger partial charge < -0.3 is 10.2 Å². The molecule has 0 radical (unpaired) electrons. The number of rotatable bonds is 5. The Labute approximate surface area is 120 Å². The van der Waals surface area contributed by atoms with Crippen LogP contribution in [0.25, 0.3) is 0 Å². The molecule has 1 aliphatic carbocycles. The predicted molar refractivity (Wildman–Crippen MR) is 78.2 cm³/mol. The van der Waals surface area contributed by atoms with E-state index in [0.29, 0.717) is 12.6 Å². The standard InChI is InChI=1S/C16H23FN2O/c1-19(13-7-3-2-4-8-13)12-11-18-16(20)14-9-5-6-10-15(14)17/h5-6,9-10,13H,2-4,7-8,11-12H2,1H3,(H,18,20). The van der Waals surface area contributed by atoms with Gasteiger partial charge in [-0.2, -0.15) is 0 Å². The van der Waals surface area contributed by atoms with Crippen molar-refractivity contribution in [2.75, 3.05) is 20.1 Å². The van der Waals surface area contributed by atoms with Gasteiger partial charge in [0.1, 0.15) is 5.82 Å². The van der Waals surface area contributed by atoms with E-state index >= 15 is 0 Å². The van der Waals surface area contributed by atoms with Crippen LogP contribution in [-0.4, -0.2) is 37.0 Å². The quantitative estimate of drug-likeness (QED) is 0.898. The van der Waals surface area contributed by atoms with Crippen LogP contribution < -0.4 is 5.32 Å². The van der Waals surface area contributed by atoms with Crippen molar-refractivity contribution in [3.63, 3.8) is 0 Å². The van der Waals surface area contributed by atoms with Crippen molar-refractivity contribution in [2.24, 2.45) is 0 Å². The van der Waals surface area contributed by atoms with E-state index in [-0.39, 0.29) is 11.5 Å². The summed E-state index contributed by atoms with van der Waals surface area (Å²) in [5.74, 6) is -0.800. The number of nitrogens with zero attached hydrogens (tertiary/aromatic N) is 1. The minimum Gasteiger partial charge on any atom is -0.351 e. The highest BCUT2D eigenvalue weighted by atomic mass is 19.1. The number of benzene rings is 1. The van der Waals surface area contributed by atoms with Crippen LogP contribution in [0, 0.1) is 5.82 Å². The summed E-state index contributed by atoms with van der Waals surface area (Å²) in [4.78, 5) is 14.2. The molecule has 1 saturated carbocycles. The second-order valence-electron chi connectivity index (χ2n) is 5.51. The summed E-state index contributed by atoms with van der Waals surface area (Å²) in [7, 11) is 2.10. The van der Waals surface area contributed by atoms with E-state index in [1.807, 2.05) is 0 Å². The largest absolute Gasteiger partial charge is 0.351 e. The van der Waals surface area contributed by atoms with Gasteiger partial charge in [-0.05, 0) is 32.0 Å². The molecule has 2 rings (SSSR count). The van der Waals surface area contributed by atoms with Crippen molar-refractivity contribution in [2.45, 2.75) is 38.1 Å². The molecule has 0 aromatic heterocycles. The Balaban J connectivity index is 1.75. The lowest BCUT2D eigenvalue weighted by molar-refractivity contribution is 0.0940. The van der Waals surface area contributed by atoms with Crippen molar-refractivity contribution >= 4 is 5.91 Å². The molecule has 0 saturated heterocycles. The van der Waals surface area contributed by atoms with Gasteiger partial charge in [0.15, 0.2) is 0 Å². The molecule has 0 aliphatic heterocycles. The molecule has 1 aliphatic rings. The third-order valence-corrected chi connectivity index (χ3v) is 4.07. The SMILES string of the molecule is CN(CCNC(=O)c1ccccc1F)C1CCCCC1. The molecule has 0 bridgehead atoms. The van der Waals surface area contributed by atoms with E-state index in [9.17, 15) is 9.18 Å². The van der Waals surface area contributed by atoms with E-state index < -0.39 is 5.82 Å². The third-order valence-electron chi connectivity index (χ3n) is 4.07. The zero-order valence-electron chi connectivity index (χ0n) is 12.1. The fourth-order valence-corrected chi connectivity index (χ4v) is 2.79. The first-order chi connectivity index (χ1) is 9.68. The van der Waals surface area contributed by atoms with Crippen LogP contribution in [0.2, 0.25) is 0 Å². The van der Waals surface area contributed by atoms with E-state index in [4.69, 9.17) is 0 Å². The summed E-state index contributed by atoms with van der Waals surface area (Å²) >= 11 is 0. The molecule has 20 heavy (non-hydrogen) atoms. The number of carbonyl (C=O) groups is 1. The highest BCUT2D eigenvalue weighted by Gasteiger charge is 2.18. The summed E-state index contributed by atoms with van der Waals surface area (Å²) in [6.07, 6.45) is 6.44. The minimum atomic E-state index is -0.467. The lowest BCUT2D eigenvalue weighted by Crippen LogP contribution is -2.39. The van der Waals surface area contributed by atoms with Gasteiger partial charge in [0.2, 0.25) is 0 Å². The second-order valence-corrected chi connectivity index (χ2v) is 5.51. The number of nitrogens with one attached hydrogen (secondary N) is 1. The third kappa shape index (κ3) is 4.04. The lowest BCUT2D eigenvalue weighted by atomic mass is 9.94. The highest BCUT2D eigenvalue weighted by Crippen LogP contribution is 2.21. The van der Waals surface area contributed by atoms with Gasteiger partial charge in [0, 0.05) is 19.1 Å². The van der Waals surface area contributed by atoms with Gasteiger partial charge >= 0.3 is 0 Å². The Morgan fingerprint density at radius 3 is 2.70 bits per heavy atom. The Morgan fingerprint density at radius 2 is 2.00 bits per heavy atom. The minimum absolute atomic E-state index is 0.118. The van der Waals surface area contributed by atoms with Crippen LogP contribution >= 0.6 is 0 Å². The molecule has 1 N–H and O–H groups in total. The van der Waals surface area contributed by atoms with Gasteiger partial charge in [-0.3, -0.25) is 4.79 Å². The van der Waals surface area contributed by atoms with Crippen molar-refractivity contribution < 1.29 is 9.18 Å². The summed E-state index contributed by atoms with van der Waals surface area (Å²) in [6, 6.07) is 6.71. The Kier molecular flexibility index (Phi) is 5.53. The van der Waals surface area contributed by atoms with Crippen LogP contribution in [0.15, 0.2) is 24.3 Å². The fraction of sp³-hybridized carbons (Fsp3) is 0.562. The predicted octanol–water partition coefficient (Wildman–Crippen LogP) is 2.82. The number of likely N-dealkylation sites (N-methyl/N-ethyl adjacent to an activating group) is 1. The molecule has 0 unspecified atom stereocenters. The zero-order valence-corrected chi connectivity index (χ0v) is 12.1. The number of halogens is 1. The molecule has 4 heteroatoms. The van der Waals surface area contributed by atoms with Crippen molar-refractivity contribution in [1.82, 2.24) is 10.2 Å². The Bertz CT molecular complexity index is 444. The van der Waals surface area contributed by atoms with Crippen molar-refractivity contribution in [1.29, 1.82) is 0 Å². The number of carbonyl (C=O) groups excluding carboxylic acids is 1. The fourth-order valence-electron chi connectivity index (χ4n) is 2.79. The van der Waals surface area contributed by atoms with Crippen LogP contribution in [0.4, 0.5) is 4.39 Å². The van der Waals surface area contributed by atoms with E-state index in [0.717, 1.165) is 6.54 Å². The molecule has 1 aromatic rings. The topological polar surface area (TPSA) is 32.3 Å². The first-order valence-electron chi connectivity index (χ1n) is 7.41. The molecule has 1 aromatic carbocycles. The lowest BCUT2D eigenvalue weighted by Gasteiger charge is -2.31. The number of hydrogen-bond donors (Lipinski definition) is 1. The normalized spacial score (nSPS) is 16.4. The van der Waals surface area contributed by atoms with Crippen LogP contribution in [-0.2, 0) is 0 Å². The van der Waals surface area contributed by atoms with Crippen molar-refractivity contribution in [3.8, 4) is 0 Å². The maximum absolute atomic E-state index is 13.4. The van der Waals surface area contributed by atoms with Gasteiger partial charge in [0.25, 0.3) is 5.91 Å². The van der Waals surface area contributed by atoms with Crippen molar-refractivity contribution in [3.05, 3.63) is 35.6 Å². The maximum Gasteiger partial charge on any atom is 0.254 e. The molecular formula is C16H23FN2O. The first-order valence-corrected chi connectivity index (χ1v) is 7.41. The smallest absolute Gasteiger partial charge is 0.254 e. The van der Waals surface area contributed by atoms with E-state index in [2.05, 4.69) is 17.3 Å². The van der Waals surface area contributed by atoms with Gasteiger partial charge in [-0.15, -0.1) is 0 Å². The molecule has 110 valence electrons.